The molecule has 1 N–H and O–H groups in total. The third kappa shape index (κ3) is 4.65. The zero-order chi connectivity index (χ0) is 13.5. The van der Waals surface area contributed by atoms with Gasteiger partial charge in [0.25, 0.3) is 0 Å². The van der Waals surface area contributed by atoms with Crippen molar-refractivity contribution < 1.29 is 4.74 Å². The molecule has 4 heteroatoms. The highest BCUT2D eigenvalue weighted by molar-refractivity contribution is 7.11. The quantitative estimate of drug-likeness (QED) is 0.788. The molecule has 0 unspecified atom stereocenters. The molecule has 0 saturated heterocycles. The number of hydrogen-bond donors (Lipinski definition) is 1. The van der Waals surface area contributed by atoms with Gasteiger partial charge in [0, 0.05) is 11.4 Å². The molecule has 0 amide bonds. The van der Waals surface area contributed by atoms with E-state index in [-0.39, 0.29) is 0 Å². The van der Waals surface area contributed by atoms with Crippen molar-refractivity contribution in [3.8, 4) is 5.75 Å². The summed E-state index contributed by atoms with van der Waals surface area (Å²) in [5, 5.41) is 4.56. The fraction of sp³-hybridized carbons (Fsp3) is 0.400. The summed E-state index contributed by atoms with van der Waals surface area (Å²) in [6.07, 6.45) is 0.998. The van der Waals surface area contributed by atoms with Gasteiger partial charge in [0.2, 0.25) is 0 Å². The van der Waals surface area contributed by atoms with Gasteiger partial charge in [0.1, 0.15) is 10.8 Å². The number of nitrogens with zero attached hydrogens (tertiary/aromatic N) is 1. The summed E-state index contributed by atoms with van der Waals surface area (Å²) in [6, 6.07) is 9.93. The van der Waals surface area contributed by atoms with Crippen molar-refractivity contribution in [1.29, 1.82) is 0 Å². The normalized spacial score (nSPS) is 10.6. The Morgan fingerprint density at radius 1 is 1.21 bits per heavy atom. The zero-order valence-corrected chi connectivity index (χ0v) is 12.3. The highest BCUT2D eigenvalue weighted by Crippen LogP contribution is 2.15. The Kier molecular flexibility index (Phi) is 5.36. The summed E-state index contributed by atoms with van der Waals surface area (Å²) in [4.78, 5) is 5.81. The van der Waals surface area contributed by atoms with Crippen LogP contribution in [0.15, 0.2) is 30.3 Å². The number of thiazole rings is 1. The standard InChI is InChI=1S/C15H20N2OS/c1-12-13(2)19-15(17-12)11-16-9-6-10-18-14-7-4-3-5-8-14/h3-5,7-8,16H,6,9-11H2,1-2H3. The minimum atomic E-state index is 0.743. The highest BCUT2D eigenvalue weighted by atomic mass is 32.1. The van der Waals surface area contributed by atoms with Crippen molar-refractivity contribution in [2.45, 2.75) is 26.8 Å². The molecule has 0 radical (unpaired) electrons. The second-order valence-electron chi connectivity index (χ2n) is 4.44. The summed E-state index contributed by atoms with van der Waals surface area (Å²) in [5.41, 5.74) is 1.15. The van der Waals surface area contributed by atoms with Crippen LogP contribution in [-0.2, 0) is 6.54 Å². The van der Waals surface area contributed by atoms with E-state index < -0.39 is 0 Å². The van der Waals surface area contributed by atoms with Gasteiger partial charge in [-0.3, -0.25) is 0 Å². The lowest BCUT2D eigenvalue weighted by atomic mass is 10.3. The molecule has 1 heterocycles. The molecule has 19 heavy (non-hydrogen) atoms. The van der Waals surface area contributed by atoms with Crippen molar-refractivity contribution >= 4 is 11.3 Å². The van der Waals surface area contributed by atoms with E-state index in [2.05, 4.69) is 24.1 Å². The molecule has 0 atom stereocenters. The van der Waals surface area contributed by atoms with Crippen LogP contribution < -0.4 is 10.1 Å². The van der Waals surface area contributed by atoms with Gasteiger partial charge in [-0.05, 0) is 38.9 Å². The van der Waals surface area contributed by atoms with E-state index in [9.17, 15) is 0 Å². The Morgan fingerprint density at radius 2 is 2.00 bits per heavy atom. The summed E-state index contributed by atoms with van der Waals surface area (Å²) in [7, 11) is 0. The Balaban J connectivity index is 1.57. The van der Waals surface area contributed by atoms with Crippen LogP contribution in [-0.4, -0.2) is 18.1 Å². The maximum Gasteiger partial charge on any atom is 0.119 e. The summed E-state index contributed by atoms with van der Waals surface area (Å²) in [5.74, 6) is 0.939. The van der Waals surface area contributed by atoms with Crippen LogP contribution in [0.2, 0.25) is 0 Å². The number of ether oxygens (including phenoxy) is 1. The lowest BCUT2D eigenvalue weighted by Crippen LogP contribution is -2.16. The summed E-state index contributed by atoms with van der Waals surface area (Å²) < 4.78 is 5.63. The van der Waals surface area contributed by atoms with Gasteiger partial charge in [-0.25, -0.2) is 4.98 Å². The summed E-state index contributed by atoms with van der Waals surface area (Å²) in [6.45, 7) is 6.72. The van der Waals surface area contributed by atoms with E-state index >= 15 is 0 Å². The third-order valence-corrected chi connectivity index (χ3v) is 3.93. The highest BCUT2D eigenvalue weighted by Gasteiger charge is 2.02. The monoisotopic (exact) mass is 276 g/mol. The number of aromatic nitrogens is 1. The Hall–Kier alpha value is -1.39. The molecular formula is C15H20N2OS. The van der Waals surface area contributed by atoms with Gasteiger partial charge in [0.15, 0.2) is 0 Å². The smallest absolute Gasteiger partial charge is 0.119 e. The number of aryl methyl sites for hydroxylation is 2. The Labute approximate surface area is 118 Å². The Bertz CT molecular complexity index is 477. The molecule has 0 aliphatic carbocycles. The summed E-state index contributed by atoms with van der Waals surface area (Å²) >= 11 is 1.77. The predicted octanol–water partition coefficient (Wildman–Crippen LogP) is 3.32. The van der Waals surface area contributed by atoms with Gasteiger partial charge < -0.3 is 10.1 Å². The maximum absolute atomic E-state index is 5.63. The van der Waals surface area contributed by atoms with E-state index in [1.165, 1.54) is 9.88 Å². The van der Waals surface area contributed by atoms with Crippen LogP contribution in [0.25, 0.3) is 0 Å². The largest absolute Gasteiger partial charge is 0.494 e. The molecule has 0 spiro atoms. The van der Waals surface area contributed by atoms with Gasteiger partial charge >= 0.3 is 0 Å². The second kappa shape index (κ2) is 7.26. The first-order chi connectivity index (χ1) is 9.25. The molecule has 0 bridgehead atoms. The first kappa shape index (κ1) is 14.0. The lowest BCUT2D eigenvalue weighted by Gasteiger charge is -2.06. The average Bonchev–Trinajstić information content (AvgIpc) is 2.74. The maximum atomic E-state index is 5.63. The minimum absolute atomic E-state index is 0.743. The Morgan fingerprint density at radius 3 is 2.68 bits per heavy atom. The molecule has 0 saturated carbocycles. The van der Waals surface area contributed by atoms with E-state index in [0.29, 0.717) is 0 Å². The second-order valence-corrected chi connectivity index (χ2v) is 5.73. The molecule has 0 fully saturated rings. The van der Waals surface area contributed by atoms with Crippen LogP contribution in [0.4, 0.5) is 0 Å². The molecule has 3 nitrogen and oxygen atoms in total. The van der Waals surface area contributed by atoms with Gasteiger partial charge in [-0.2, -0.15) is 0 Å². The van der Waals surface area contributed by atoms with Crippen molar-refractivity contribution in [3.63, 3.8) is 0 Å². The van der Waals surface area contributed by atoms with Crippen molar-refractivity contribution in [3.05, 3.63) is 45.9 Å². The third-order valence-electron chi connectivity index (χ3n) is 2.86. The predicted molar refractivity (Wildman–Crippen MR) is 79.8 cm³/mol. The van der Waals surface area contributed by atoms with E-state index in [0.717, 1.165) is 37.6 Å². The first-order valence-corrected chi connectivity index (χ1v) is 7.39. The van der Waals surface area contributed by atoms with Crippen LogP contribution in [0.5, 0.6) is 5.75 Å². The molecule has 1 aromatic heterocycles. The van der Waals surface area contributed by atoms with E-state index in [1.807, 2.05) is 30.3 Å². The number of benzene rings is 1. The molecule has 1 aromatic carbocycles. The topological polar surface area (TPSA) is 34.2 Å². The zero-order valence-electron chi connectivity index (χ0n) is 11.5. The van der Waals surface area contributed by atoms with Crippen molar-refractivity contribution in [2.24, 2.45) is 0 Å². The van der Waals surface area contributed by atoms with Gasteiger partial charge in [-0.1, -0.05) is 18.2 Å². The molecule has 102 valence electrons. The number of para-hydroxylation sites is 1. The number of rotatable bonds is 7. The first-order valence-electron chi connectivity index (χ1n) is 6.57. The number of hydrogen-bond acceptors (Lipinski definition) is 4. The van der Waals surface area contributed by atoms with Crippen molar-refractivity contribution in [2.75, 3.05) is 13.2 Å². The van der Waals surface area contributed by atoms with Gasteiger partial charge in [0.05, 0.1) is 12.3 Å². The fourth-order valence-corrected chi connectivity index (χ4v) is 2.62. The molecule has 2 rings (SSSR count). The molecule has 0 aliphatic heterocycles. The molecular weight excluding hydrogens is 256 g/mol. The van der Waals surface area contributed by atoms with Crippen LogP contribution >= 0.6 is 11.3 Å². The lowest BCUT2D eigenvalue weighted by molar-refractivity contribution is 0.308. The molecule has 2 aromatic rings. The van der Waals surface area contributed by atoms with Crippen LogP contribution in [0.1, 0.15) is 22.0 Å². The van der Waals surface area contributed by atoms with E-state index in [4.69, 9.17) is 4.74 Å². The fourth-order valence-electron chi connectivity index (χ4n) is 1.71. The van der Waals surface area contributed by atoms with Crippen LogP contribution in [0, 0.1) is 13.8 Å². The molecule has 0 aliphatic rings. The number of nitrogens with one attached hydrogen (secondary N) is 1. The van der Waals surface area contributed by atoms with Gasteiger partial charge in [-0.15, -0.1) is 11.3 Å². The van der Waals surface area contributed by atoms with Crippen molar-refractivity contribution in [1.82, 2.24) is 10.3 Å². The SMILES string of the molecule is Cc1nc(CNCCCOc2ccccc2)sc1C. The minimum Gasteiger partial charge on any atom is -0.494 e. The van der Waals surface area contributed by atoms with E-state index in [1.54, 1.807) is 11.3 Å². The van der Waals surface area contributed by atoms with Crippen LogP contribution in [0.3, 0.4) is 0 Å². The average molecular weight is 276 g/mol.